The van der Waals surface area contributed by atoms with Crippen LogP contribution in [0.25, 0.3) is 0 Å². The Morgan fingerprint density at radius 1 is 1.44 bits per heavy atom. The first-order valence-corrected chi connectivity index (χ1v) is 6.81. The molecule has 0 fully saturated rings. The van der Waals surface area contributed by atoms with Crippen LogP contribution in [0.5, 0.6) is 0 Å². The van der Waals surface area contributed by atoms with Gasteiger partial charge in [0.05, 0.1) is 16.9 Å². The van der Waals surface area contributed by atoms with E-state index in [1.54, 1.807) is 6.92 Å². The molecule has 0 saturated carbocycles. The van der Waals surface area contributed by atoms with Crippen LogP contribution >= 0.6 is 15.9 Å². The van der Waals surface area contributed by atoms with Crippen molar-refractivity contribution in [1.29, 1.82) is 0 Å². The van der Waals surface area contributed by atoms with Gasteiger partial charge in [0.2, 0.25) is 10.0 Å². The summed E-state index contributed by atoms with van der Waals surface area (Å²) in [7, 11) is -3.46. The van der Waals surface area contributed by atoms with E-state index < -0.39 is 14.9 Å². The summed E-state index contributed by atoms with van der Waals surface area (Å²) < 4.78 is 24.7. The molecule has 1 aromatic carbocycles. The van der Waals surface area contributed by atoms with Gasteiger partial charge in [-0.3, -0.25) is 14.8 Å². The first-order valence-electron chi connectivity index (χ1n) is 4.13. The molecule has 0 bridgehead atoms. The number of halogens is 1. The summed E-state index contributed by atoms with van der Waals surface area (Å²) in [4.78, 5) is 10.1. The van der Waals surface area contributed by atoms with Crippen molar-refractivity contribution in [2.24, 2.45) is 0 Å². The second kappa shape index (κ2) is 4.38. The van der Waals surface area contributed by atoms with Crippen molar-refractivity contribution in [2.45, 2.75) is 6.92 Å². The average molecular weight is 309 g/mol. The summed E-state index contributed by atoms with van der Waals surface area (Å²) in [5.74, 6) is 0. The first-order chi connectivity index (χ1) is 7.20. The summed E-state index contributed by atoms with van der Waals surface area (Å²) in [6, 6.07) is 2.67. The number of nitro groups is 1. The van der Waals surface area contributed by atoms with Gasteiger partial charge in [-0.05, 0) is 28.9 Å². The van der Waals surface area contributed by atoms with E-state index in [4.69, 9.17) is 0 Å². The van der Waals surface area contributed by atoms with Crippen molar-refractivity contribution in [3.05, 3.63) is 32.3 Å². The SMILES string of the molecule is Cc1cc(Br)c(NS(C)(=O)=O)cc1[N+](=O)[O-]. The standard InChI is InChI=1S/C8H9BrN2O4S/c1-5-3-6(9)7(10-16(2,14)15)4-8(5)11(12)13/h3-4,10H,1-2H3. The van der Waals surface area contributed by atoms with E-state index in [0.717, 1.165) is 6.26 Å². The maximum Gasteiger partial charge on any atom is 0.274 e. The lowest BCUT2D eigenvalue weighted by atomic mass is 10.2. The summed E-state index contributed by atoms with van der Waals surface area (Å²) in [5, 5.41) is 10.7. The Labute approximate surface area is 101 Å². The molecule has 0 aliphatic rings. The molecule has 0 unspecified atom stereocenters. The van der Waals surface area contributed by atoms with E-state index in [9.17, 15) is 18.5 Å². The van der Waals surface area contributed by atoms with E-state index in [2.05, 4.69) is 20.7 Å². The highest BCUT2D eigenvalue weighted by Gasteiger charge is 2.16. The number of nitrogens with zero attached hydrogens (tertiary/aromatic N) is 1. The van der Waals surface area contributed by atoms with Gasteiger partial charge in [0.1, 0.15) is 0 Å². The summed E-state index contributed by atoms with van der Waals surface area (Å²) >= 11 is 3.13. The molecule has 0 spiro atoms. The topological polar surface area (TPSA) is 89.3 Å². The van der Waals surface area contributed by atoms with E-state index >= 15 is 0 Å². The van der Waals surface area contributed by atoms with Gasteiger partial charge in [-0.2, -0.15) is 0 Å². The van der Waals surface area contributed by atoms with Crippen LogP contribution in [0.3, 0.4) is 0 Å². The molecular formula is C8H9BrN2O4S. The highest BCUT2D eigenvalue weighted by atomic mass is 79.9. The Morgan fingerprint density at radius 2 is 2.00 bits per heavy atom. The molecule has 0 aliphatic heterocycles. The summed E-state index contributed by atoms with van der Waals surface area (Å²) in [6.07, 6.45) is 0.977. The van der Waals surface area contributed by atoms with Crippen molar-refractivity contribution < 1.29 is 13.3 Å². The van der Waals surface area contributed by atoms with Gasteiger partial charge in [-0.25, -0.2) is 8.42 Å². The van der Waals surface area contributed by atoms with Crippen LogP contribution in [0.1, 0.15) is 5.56 Å². The predicted molar refractivity (Wildman–Crippen MR) is 64.0 cm³/mol. The van der Waals surface area contributed by atoms with Crippen molar-refractivity contribution in [3.63, 3.8) is 0 Å². The summed E-state index contributed by atoms with van der Waals surface area (Å²) in [6.45, 7) is 1.58. The molecule has 16 heavy (non-hydrogen) atoms. The van der Waals surface area contributed by atoms with Crippen molar-refractivity contribution in [3.8, 4) is 0 Å². The fourth-order valence-corrected chi connectivity index (χ4v) is 2.39. The largest absolute Gasteiger partial charge is 0.282 e. The zero-order valence-electron chi connectivity index (χ0n) is 8.52. The normalized spacial score (nSPS) is 11.2. The fraction of sp³-hybridized carbons (Fsp3) is 0.250. The van der Waals surface area contributed by atoms with Gasteiger partial charge in [0.25, 0.3) is 5.69 Å². The smallest absolute Gasteiger partial charge is 0.274 e. The number of nitro benzene ring substituents is 1. The second-order valence-corrected chi connectivity index (χ2v) is 5.85. The Balaban J connectivity index is 3.31. The third-order valence-corrected chi connectivity index (χ3v) is 3.02. The minimum atomic E-state index is -3.46. The molecule has 0 aromatic heterocycles. The molecule has 0 radical (unpaired) electrons. The highest BCUT2D eigenvalue weighted by Crippen LogP contribution is 2.30. The van der Waals surface area contributed by atoms with E-state index in [1.807, 2.05) is 0 Å². The molecule has 88 valence electrons. The average Bonchev–Trinajstić information content (AvgIpc) is 2.07. The Bertz CT molecular complexity index is 541. The number of hydrogen-bond donors (Lipinski definition) is 1. The van der Waals surface area contributed by atoms with E-state index in [1.165, 1.54) is 12.1 Å². The Hall–Kier alpha value is -1.15. The maximum atomic E-state index is 11.0. The first kappa shape index (κ1) is 12.9. The number of sulfonamides is 1. The lowest BCUT2D eigenvalue weighted by molar-refractivity contribution is -0.385. The second-order valence-electron chi connectivity index (χ2n) is 3.25. The van der Waals surface area contributed by atoms with Crippen LogP contribution in [0.4, 0.5) is 11.4 Å². The van der Waals surface area contributed by atoms with Gasteiger partial charge >= 0.3 is 0 Å². The predicted octanol–water partition coefficient (Wildman–Crippen LogP) is 2.04. The number of nitrogens with one attached hydrogen (secondary N) is 1. The van der Waals surface area contributed by atoms with Gasteiger partial charge < -0.3 is 0 Å². The fourth-order valence-electron chi connectivity index (χ4n) is 1.14. The molecular weight excluding hydrogens is 300 g/mol. The third kappa shape index (κ3) is 3.17. The lowest BCUT2D eigenvalue weighted by Crippen LogP contribution is -2.10. The van der Waals surface area contributed by atoms with Crippen LogP contribution < -0.4 is 4.72 Å². The highest BCUT2D eigenvalue weighted by molar-refractivity contribution is 9.10. The molecule has 0 atom stereocenters. The zero-order valence-corrected chi connectivity index (χ0v) is 10.9. The van der Waals surface area contributed by atoms with E-state index in [0.29, 0.717) is 10.0 Å². The molecule has 6 nitrogen and oxygen atoms in total. The number of anilines is 1. The van der Waals surface area contributed by atoms with Gasteiger partial charge in [0, 0.05) is 16.1 Å². The van der Waals surface area contributed by atoms with Crippen LogP contribution in [0, 0.1) is 17.0 Å². The minimum Gasteiger partial charge on any atom is -0.282 e. The number of aryl methyl sites for hydroxylation is 1. The van der Waals surface area contributed by atoms with Crippen LogP contribution in [0.2, 0.25) is 0 Å². The third-order valence-electron chi connectivity index (χ3n) is 1.78. The molecule has 0 aliphatic carbocycles. The van der Waals surface area contributed by atoms with Crippen molar-refractivity contribution >= 4 is 37.3 Å². The molecule has 0 heterocycles. The quantitative estimate of drug-likeness (QED) is 0.683. The number of benzene rings is 1. The van der Waals surface area contributed by atoms with Gasteiger partial charge in [-0.1, -0.05) is 0 Å². The van der Waals surface area contributed by atoms with Gasteiger partial charge in [0.15, 0.2) is 0 Å². The number of rotatable bonds is 3. The molecule has 8 heteroatoms. The monoisotopic (exact) mass is 308 g/mol. The van der Waals surface area contributed by atoms with Crippen LogP contribution in [0.15, 0.2) is 16.6 Å². The molecule has 0 amide bonds. The van der Waals surface area contributed by atoms with Crippen LogP contribution in [-0.4, -0.2) is 19.6 Å². The molecule has 1 rings (SSSR count). The van der Waals surface area contributed by atoms with Crippen LogP contribution in [-0.2, 0) is 10.0 Å². The lowest BCUT2D eigenvalue weighted by Gasteiger charge is -2.07. The molecule has 1 N–H and O–H groups in total. The number of hydrogen-bond acceptors (Lipinski definition) is 4. The molecule has 1 aromatic rings. The van der Waals surface area contributed by atoms with Crippen molar-refractivity contribution in [2.75, 3.05) is 11.0 Å². The zero-order chi connectivity index (χ0) is 12.5. The van der Waals surface area contributed by atoms with E-state index in [-0.39, 0.29) is 11.4 Å². The van der Waals surface area contributed by atoms with Gasteiger partial charge in [-0.15, -0.1) is 0 Å². The Kier molecular flexibility index (Phi) is 3.54. The maximum absolute atomic E-state index is 11.0. The minimum absolute atomic E-state index is 0.130. The summed E-state index contributed by atoms with van der Waals surface area (Å²) in [5.41, 5.74) is 0.477. The van der Waals surface area contributed by atoms with Crippen molar-refractivity contribution in [1.82, 2.24) is 0 Å². The molecule has 0 saturated heterocycles. The Morgan fingerprint density at radius 3 is 2.44 bits per heavy atom.